The molecule has 1 aliphatic heterocycles. The van der Waals surface area contributed by atoms with Gasteiger partial charge in [-0.2, -0.15) is 0 Å². The van der Waals surface area contributed by atoms with Gasteiger partial charge < -0.3 is 0 Å². The second-order valence-electron chi connectivity index (χ2n) is 7.82. The number of hydrogen-bond acceptors (Lipinski definition) is 3. The van der Waals surface area contributed by atoms with E-state index in [1.165, 1.54) is 16.7 Å². The second kappa shape index (κ2) is 5.43. The van der Waals surface area contributed by atoms with Crippen LogP contribution in [0, 0.1) is 35.5 Å². The van der Waals surface area contributed by atoms with Gasteiger partial charge in [0, 0.05) is 17.6 Å². The molecule has 0 aromatic heterocycles. The molecule has 0 radical (unpaired) electrons. The monoisotopic (exact) mass is 370 g/mol. The summed E-state index contributed by atoms with van der Waals surface area (Å²) < 4.78 is 0. The number of rotatable bonds is 3. The molecule has 5 aliphatic rings. The molecule has 6 rings (SSSR count). The SMILES string of the molecule is CC(=O)N(CN1C(=O)[C@@H]2[C@@H]3C=C[C@H]([C@H]4C[C@@H]34)[C@@H]2C1=O)c1ccc(Cl)cc1. The quantitative estimate of drug-likeness (QED) is 0.607. The molecule has 5 nitrogen and oxygen atoms in total. The molecule has 2 saturated carbocycles. The zero-order chi connectivity index (χ0) is 18.2. The van der Waals surface area contributed by atoms with Crippen molar-refractivity contribution >= 4 is 35.0 Å². The summed E-state index contributed by atoms with van der Waals surface area (Å²) in [5.41, 5.74) is 0.626. The fraction of sp³-hybridized carbons (Fsp3) is 0.450. The maximum atomic E-state index is 13.1. The fourth-order valence-corrected chi connectivity index (χ4v) is 5.41. The van der Waals surface area contributed by atoms with Gasteiger partial charge in [-0.3, -0.25) is 24.2 Å². The van der Waals surface area contributed by atoms with E-state index in [4.69, 9.17) is 11.6 Å². The summed E-state index contributed by atoms with van der Waals surface area (Å²) in [6.07, 6.45) is 5.44. The summed E-state index contributed by atoms with van der Waals surface area (Å²) in [4.78, 5) is 41.0. The van der Waals surface area contributed by atoms with E-state index in [1.54, 1.807) is 24.3 Å². The Morgan fingerprint density at radius 1 is 1.08 bits per heavy atom. The highest BCUT2D eigenvalue weighted by Crippen LogP contribution is 2.65. The molecule has 3 amide bonds. The van der Waals surface area contributed by atoms with Gasteiger partial charge in [0.05, 0.1) is 11.8 Å². The zero-order valence-corrected chi connectivity index (χ0v) is 15.1. The first-order chi connectivity index (χ1) is 12.5. The van der Waals surface area contributed by atoms with Gasteiger partial charge in [-0.1, -0.05) is 23.8 Å². The van der Waals surface area contributed by atoms with Crippen LogP contribution in [0.25, 0.3) is 0 Å². The molecule has 0 N–H and O–H groups in total. The molecule has 4 aliphatic carbocycles. The predicted octanol–water partition coefficient (Wildman–Crippen LogP) is 2.70. The van der Waals surface area contributed by atoms with E-state index in [2.05, 4.69) is 12.2 Å². The first-order valence-electron chi connectivity index (χ1n) is 9.04. The van der Waals surface area contributed by atoms with Crippen LogP contribution in [0.4, 0.5) is 5.69 Å². The number of benzene rings is 1. The van der Waals surface area contributed by atoms with Crippen LogP contribution in [0.15, 0.2) is 36.4 Å². The molecule has 0 spiro atoms. The van der Waals surface area contributed by atoms with Crippen LogP contribution in [0.5, 0.6) is 0 Å². The van der Waals surface area contributed by atoms with Gasteiger partial charge in [0.15, 0.2) is 0 Å². The number of carbonyl (C=O) groups excluding carboxylic acids is 3. The molecule has 1 aromatic carbocycles. The molecule has 0 unspecified atom stereocenters. The van der Waals surface area contributed by atoms with Crippen LogP contribution in [-0.2, 0) is 14.4 Å². The van der Waals surface area contributed by atoms with Crippen molar-refractivity contribution in [2.24, 2.45) is 35.5 Å². The second-order valence-corrected chi connectivity index (χ2v) is 8.26. The number of allylic oxidation sites excluding steroid dienone is 2. The van der Waals surface area contributed by atoms with Crippen LogP contribution in [0.2, 0.25) is 5.02 Å². The maximum Gasteiger partial charge on any atom is 0.235 e. The Morgan fingerprint density at radius 2 is 1.62 bits per heavy atom. The molecular formula is C20H19ClN2O3. The lowest BCUT2D eigenvalue weighted by Gasteiger charge is -2.37. The van der Waals surface area contributed by atoms with Crippen molar-refractivity contribution < 1.29 is 14.4 Å². The summed E-state index contributed by atoms with van der Waals surface area (Å²) in [5, 5.41) is 0.568. The Bertz CT molecular complexity index is 813. The third-order valence-electron chi connectivity index (χ3n) is 6.56. The van der Waals surface area contributed by atoms with E-state index in [1.807, 2.05) is 0 Å². The minimum absolute atomic E-state index is 0.0313. The Kier molecular flexibility index (Phi) is 3.35. The number of nitrogens with zero attached hydrogens (tertiary/aromatic N) is 2. The lowest BCUT2D eigenvalue weighted by Crippen LogP contribution is -2.44. The van der Waals surface area contributed by atoms with Crippen LogP contribution in [0.3, 0.4) is 0 Å². The predicted molar refractivity (Wildman–Crippen MR) is 96.0 cm³/mol. The molecule has 3 fully saturated rings. The molecule has 2 bridgehead atoms. The smallest absolute Gasteiger partial charge is 0.235 e. The van der Waals surface area contributed by atoms with Crippen LogP contribution < -0.4 is 4.90 Å². The highest BCUT2D eigenvalue weighted by molar-refractivity contribution is 6.30. The van der Waals surface area contributed by atoms with E-state index in [0.717, 1.165) is 6.42 Å². The highest BCUT2D eigenvalue weighted by Gasteiger charge is 2.67. The number of likely N-dealkylation sites (tertiary alicyclic amines) is 1. The van der Waals surface area contributed by atoms with Gasteiger partial charge >= 0.3 is 0 Å². The molecular weight excluding hydrogens is 352 g/mol. The zero-order valence-electron chi connectivity index (χ0n) is 14.3. The van der Waals surface area contributed by atoms with E-state index < -0.39 is 0 Å². The molecule has 6 heteroatoms. The van der Waals surface area contributed by atoms with Crippen molar-refractivity contribution in [3.8, 4) is 0 Å². The minimum Gasteiger partial charge on any atom is -0.294 e. The van der Waals surface area contributed by atoms with Crippen molar-refractivity contribution in [1.29, 1.82) is 0 Å². The molecule has 6 atom stereocenters. The number of imide groups is 1. The van der Waals surface area contributed by atoms with Crippen LogP contribution >= 0.6 is 11.6 Å². The summed E-state index contributed by atoms with van der Waals surface area (Å²) in [5.74, 6) is 0.601. The number of carbonyl (C=O) groups is 3. The highest BCUT2D eigenvalue weighted by atomic mass is 35.5. The van der Waals surface area contributed by atoms with Crippen molar-refractivity contribution in [3.05, 3.63) is 41.4 Å². The number of anilines is 1. The normalized spacial score (nSPS) is 36.2. The molecule has 1 aromatic rings. The van der Waals surface area contributed by atoms with Gasteiger partial charge in [0.1, 0.15) is 6.67 Å². The molecule has 26 heavy (non-hydrogen) atoms. The third-order valence-corrected chi connectivity index (χ3v) is 6.81. The summed E-state index contributed by atoms with van der Waals surface area (Å²) in [7, 11) is 0. The Balaban J connectivity index is 1.44. The van der Waals surface area contributed by atoms with Crippen molar-refractivity contribution in [1.82, 2.24) is 4.90 Å². The van der Waals surface area contributed by atoms with Gasteiger partial charge in [-0.25, -0.2) is 0 Å². The van der Waals surface area contributed by atoms with E-state index in [9.17, 15) is 14.4 Å². The lowest BCUT2D eigenvalue weighted by molar-refractivity contribution is -0.140. The summed E-state index contributed by atoms with van der Waals surface area (Å²) in [6.45, 7) is 1.41. The molecule has 1 heterocycles. The van der Waals surface area contributed by atoms with Crippen LogP contribution in [-0.4, -0.2) is 29.3 Å². The number of hydrogen-bond donors (Lipinski definition) is 0. The lowest BCUT2D eigenvalue weighted by atomic mass is 9.63. The third kappa shape index (κ3) is 2.13. The number of halogens is 1. The minimum atomic E-state index is -0.236. The van der Waals surface area contributed by atoms with Crippen molar-refractivity contribution in [2.45, 2.75) is 13.3 Å². The van der Waals surface area contributed by atoms with Gasteiger partial charge in [0.25, 0.3) is 0 Å². The van der Waals surface area contributed by atoms with Crippen molar-refractivity contribution in [2.75, 3.05) is 11.6 Å². The van der Waals surface area contributed by atoms with Gasteiger partial charge in [-0.15, -0.1) is 0 Å². The average molecular weight is 371 g/mol. The number of amides is 3. The average Bonchev–Trinajstić information content (AvgIpc) is 3.40. The topological polar surface area (TPSA) is 57.7 Å². The fourth-order valence-electron chi connectivity index (χ4n) is 5.28. The molecule has 134 valence electrons. The van der Waals surface area contributed by atoms with E-state index >= 15 is 0 Å². The summed E-state index contributed by atoms with van der Waals surface area (Å²) >= 11 is 5.92. The van der Waals surface area contributed by atoms with Gasteiger partial charge in [0.2, 0.25) is 17.7 Å². The largest absolute Gasteiger partial charge is 0.294 e. The first kappa shape index (κ1) is 16.1. The van der Waals surface area contributed by atoms with E-state index in [0.29, 0.717) is 22.5 Å². The maximum absolute atomic E-state index is 13.1. The Labute approximate surface area is 156 Å². The Hall–Kier alpha value is -2.14. The van der Waals surface area contributed by atoms with Gasteiger partial charge in [-0.05, 0) is 54.4 Å². The standard InChI is InChI=1S/C20H19ClN2O3/c1-10(24)22(12-4-2-11(21)3-5-12)9-23-19(25)17-13-6-7-14(16-8-15(13)16)18(17)20(23)26/h2-7,13-18H,8-9H2,1H3/t13-,14-,15-,16+,17+,18-/m1/s1. The van der Waals surface area contributed by atoms with Crippen molar-refractivity contribution in [3.63, 3.8) is 0 Å². The van der Waals surface area contributed by atoms with Crippen LogP contribution in [0.1, 0.15) is 13.3 Å². The van der Waals surface area contributed by atoms with E-state index in [-0.39, 0.29) is 48.1 Å². The Morgan fingerprint density at radius 3 is 2.12 bits per heavy atom. The molecule has 1 saturated heterocycles. The first-order valence-corrected chi connectivity index (χ1v) is 9.42. The summed E-state index contributed by atoms with van der Waals surface area (Å²) in [6, 6.07) is 6.83.